The van der Waals surface area contributed by atoms with Gasteiger partial charge in [0.1, 0.15) is 6.61 Å². The average molecular weight is 288 g/mol. The van der Waals surface area contributed by atoms with Gasteiger partial charge in [-0.2, -0.15) is 0 Å². The Morgan fingerprint density at radius 3 is 2.71 bits per heavy atom. The molecule has 4 heteroatoms. The van der Waals surface area contributed by atoms with Crippen LogP contribution in [-0.2, 0) is 11.3 Å². The molecule has 0 unspecified atom stereocenters. The Hall–Kier alpha value is -1.55. The van der Waals surface area contributed by atoms with Gasteiger partial charge in [0.05, 0.1) is 0 Å². The van der Waals surface area contributed by atoms with E-state index in [0.29, 0.717) is 6.61 Å². The average Bonchev–Trinajstić information content (AvgIpc) is 2.87. The van der Waals surface area contributed by atoms with E-state index in [4.69, 9.17) is 4.74 Å². The highest BCUT2D eigenvalue weighted by Gasteiger charge is 2.35. The molecule has 4 nitrogen and oxygen atoms in total. The summed E-state index contributed by atoms with van der Waals surface area (Å²) in [5, 5.41) is 3.65. The van der Waals surface area contributed by atoms with Gasteiger partial charge in [0, 0.05) is 18.6 Å². The summed E-state index contributed by atoms with van der Waals surface area (Å²) in [7, 11) is 0. The molecule has 1 aromatic carbocycles. The number of carbonyl (C=O) groups is 1. The van der Waals surface area contributed by atoms with Gasteiger partial charge in [-0.15, -0.1) is 0 Å². The number of nitrogens with zero attached hydrogens (tertiary/aromatic N) is 1. The van der Waals surface area contributed by atoms with Crippen LogP contribution >= 0.6 is 0 Å². The van der Waals surface area contributed by atoms with Crippen molar-refractivity contribution in [3.63, 3.8) is 0 Å². The van der Waals surface area contributed by atoms with E-state index in [1.54, 1.807) is 0 Å². The van der Waals surface area contributed by atoms with Crippen molar-refractivity contribution >= 4 is 6.09 Å². The maximum atomic E-state index is 12.2. The largest absolute Gasteiger partial charge is 0.445 e. The third-order valence-corrected chi connectivity index (χ3v) is 4.74. The van der Waals surface area contributed by atoms with E-state index in [-0.39, 0.29) is 11.6 Å². The summed E-state index contributed by atoms with van der Waals surface area (Å²) >= 11 is 0. The maximum Gasteiger partial charge on any atom is 0.410 e. The predicted molar refractivity (Wildman–Crippen MR) is 82.0 cm³/mol. The van der Waals surface area contributed by atoms with Gasteiger partial charge in [0.15, 0.2) is 0 Å². The quantitative estimate of drug-likeness (QED) is 0.909. The molecule has 0 bridgehead atoms. The number of hydrogen-bond donors (Lipinski definition) is 1. The Morgan fingerprint density at radius 2 is 1.95 bits per heavy atom. The molecule has 2 saturated heterocycles. The zero-order valence-corrected chi connectivity index (χ0v) is 12.5. The highest BCUT2D eigenvalue weighted by molar-refractivity contribution is 5.67. The van der Waals surface area contributed by atoms with Gasteiger partial charge in [0.25, 0.3) is 0 Å². The van der Waals surface area contributed by atoms with Crippen LogP contribution in [0.25, 0.3) is 0 Å². The number of benzene rings is 1. The van der Waals surface area contributed by atoms with E-state index in [9.17, 15) is 4.79 Å². The van der Waals surface area contributed by atoms with Gasteiger partial charge in [-0.05, 0) is 44.2 Å². The van der Waals surface area contributed by atoms with Crippen LogP contribution < -0.4 is 5.32 Å². The molecule has 0 radical (unpaired) electrons. The van der Waals surface area contributed by atoms with Crippen LogP contribution in [0.1, 0.15) is 37.7 Å². The van der Waals surface area contributed by atoms with Crippen molar-refractivity contribution in [3.05, 3.63) is 35.9 Å². The Balaban J connectivity index is 1.51. The van der Waals surface area contributed by atoms with Gasteiger partial charge in [0.2, 0.25) is 0 Å². The zero-order chi connectivity index (χ0) is 14.5. The number of nitrogens with one attached hydrogen (secondary N) is 1. The van der Waals surface area contributed by atoms with Gasteiger partial charge in [-0.1, -0.05) is 30.3 Å². The van der Waals surface area contributed by atoms with Crippen LogP contribution in [0.5, 0.6) is 0 Å². The topological polar surface area (TPSA) is 41.6 Å². The highest BCUT2D eigenvalue weighted by atomic mass is 16.6. The minimum atomic E-state index is -0.172. The first kappa shape index (κ1) is 14.4. The van der Waals surface area contributed by atoms with E-state index in [1.165, 1.54) is 19.3 Å². The first-order chi connectivity index (χ1) is 10.3. The molecule has 3 rings (SSSR count). The Kier molecular flexibility index (Phi) is 4.44. The maximum absolute atomic E-state index is 12.2. The molecule has 2 heterocycles. The van der Waals surface area contributed by atoms with Gasteiger partial charge in [-0.25, -0.2) is 4.79 Å². The number of amides is 1. The van der Waals surface area contributed by atoms with Crippen LogP contribution in [0.4, 0.5) is 4.79 Å². The number of likely N-dealkylation sites (tertiary alicyclic amines) is 1. The molecule has 2 aliphatic rings. The lowest BCUT2D eigenvalue weighted by atomic mass is 9.89. The molecular formula is C17H24N2O2. The van der Waals surface area contributed by atoms with Crippen LogP contribution in [-0.4, -0.2) is 36.2 Å². The number of ether oxygens (including phenoxy) is 1. The fourth-order valence-corrected chi connectivity index (χ4v) is 3.48. The van der Waals surface area contributed by atoms with Crippen LogP contribution in [0.2, 0.25) is 0 Å². The molecule has 2 aliphatic heterocycles. The molecule has 21 heavy (non-hydrogen) atoms. The monoisotopic (exact) mass is 288 g/mol. The summed E-state index contributed by atoms with van der Waals surface area (Å²) in [6.45, 7) is 3.11. The smallest absolute Gasteiger partial charge is 0.410 e. The molecule has 1 atom stereocenters. The molecule has 2 fully saturated rings. The van der Waals surface area contributed by atoms with Crippen molar-refractivity contribution in [1.82, 2.24) is 10.2 Å². The molecule has 1 amide bonds. The van der Waals surface area contributed by atoms with Gasteiger partial charge < -0.3 is 15.0 Å². The molecule has 114 valence electrons. The lowest BCUT2D eigenvalue weighted by Crippen LogP contribution is -2.41. The first-order valence-corrected chi connectivity index (χ1v) is 7.98. The third-order valence-electron chi connectivity index (χ3n) is 4.74. The lowest BCUT2D eigenvalue weighted by molar-refractivity contribution is 0.0967. The summed E-state index contributed by atoms with van der Waals surface area (Å²) in [6.07, 6.45) is 5.63. The Morgan fingerprint density at radius 1 is 1.14 bits per heavy atom. The number of hydrogen-bond acceptors (Lipinski definition) is 3. The second kappa shape index (κ2) is 6.48. The second-order valence-electron chi connectivity index (χ2n) is 6.19. The fourth-order valence-electron chi connectivity index (χ4n) is 3.48. The highest BCUT2D eigenvalue weighted by Crippen LogP contribution is 2.30. The van der Waals surface area contributed by atoms with Gasteiger partial charge >= 0.3 is 6.09 Å². The molecule has 1 spiro atoms. The molecule has 0 saturated carbocycles. The number of rotatable bonds is 2. The second-order valence-corrected chi connectivity index (χ2v) is 6.19. The molecular weight excluding hydrogens is 264 g/mol. The SMILES string of the molecule is O=C(OCc1ccccc1)N1CCC[C@@]2(CCCN2)CC1. The summed E-state index contributed by atoms with van der Waals surface area (Å²) in [5.41, 5.74) is 1.32. The fraction of sp³-hybridized carbons (Fsp3) is 0.588. The van der Waals surface area contributed by atoms with Crippen molar-refractivity contribution in [2.24, 2.45) is 0 Å². The van der Waals surface area contributed by atoms with Crippen LogP contribution in [0, 0.1) is 0 Å². The Labute approximate surface area is 126 Å². The minimum absolute atomic E-state index is 0.172. The van der Waals surface area contributed by atoms with E-state index in [0.717, 1.165) is 38.0 Å². The number of carbonyl (C=O) groups excluding carboxylic acids is 1. The Bertz CT molecular complexity index is 469. The first-order valence-electron chi connectivity index (χ1n) is 7.98. The van der Waals surface area contributed by atoms with Crippen LogP contribution in [0.3, 0.4) is 0 Å². The predicted octanol–water partition coefficient (Wildman–Crippen LogP) is 2.93. The summed E-state index contributed by atoms with van der Waals surface area (Å²) < 4.78 is 5.44. The van der Waals surface area contributed by atoms with Crippen molar-refractivity contribution in [1.29, 1.82) is 0 Å². The van der Waals surface area contributed by atoms with Gasteiger partial charge in [-0.3, -0.25) is 0 Å². The van der Waals surface area contributed by atoms with E-state index >= 15 is 0 Å². The third kappa shape index (κ3) is 3.56. The van der Waals surface area contributed by atoms with E-state index in [1.807, 2.05) is 35.2 Å². The lowest BCUT2D eigenvalue weighted by Gasteiger charge is -2.28. The van der Waals surface area contributed by atoms with Crippen molar-refractivity contribution in [2.75, 3.05) is 19.6 Å². The van der Waals surface area contributed by atoms with Crippen molar-refractivity contribution < 1.29 is 9.53 Å². The zero-order valence-electron chi connectivity index (χ0n) is 12.5. The minimum Gasteiger partial charge on any atom is -0.445 e. The van der Waals surface area contributed by atoms with E-state index in [2.05, 4.69) is 5.32 Å². The molecule has 0 aromatic heterocycles. The molecule has 1 N–H and O–H groups in total. The van der Waals surface area contributed by atoms with Crippen molar-refractivity contribution in [3.8, 4) is 0 Å². The summed E-state index contributed by atoms with van der Waals surface area (Å²) in [4.78, 5) is 14.1. The summed E-state index contributed by atoms with van der Waals surface area (Å²) in [5.74, 6) is 0. The van der Waals surface area contributed by atoms with E-state index < -0.39 is 0 Å². The molecule has 1 aromatic rings. The molecule has 0 aliphatic carbocycles. The van der Waals surface area contributed by atoms with Crippen molar-refractivity contribution in [2.45, 2.75) is 44.2 Å². The standard InChI is InChI=1S/C17H24N2O2/c20-16(21-14-15-6-2-1-3-7-15)19-12-5-9-17(10-13-19)8-4-11-18-17/h1-3,6-7,18H,4-5,8-14H2/t17-/m0/s1. The van der Waals surface area contributed by atoms with Crippen LogP contribution in [0.15, 0.2) is 30.3 Å². The summed E-state index contributed by atoms with van der Waals surface area (Å²) in [6, 6.07) is 9.85. The normalized spacial score (nSPS) is 25.8.